The number of hydrogen-bond donors (Lipinski definition) is 5. The molecule has 5 N–H and O–H groups in total. The zero-order valence-electron chi connectivity index (χ0n) is 21.0. The molecular weight excluding hydrogens is 500 g/mol. The second-order valence-corrected chi connectivity index (χ2v) is 9.21. The molecule has 11 heteroatoms. The van der Waals surface area contributed by atoms with Crippen LogP contribution in [0.3, 0.4) is 0 Å². The Balaban J connectivity index is 1.98. The van der Waals surface area contributed by atoms with Gasteiger partial charge in [0.1, 0.15) is 52.8 Å². The first-order chi connectivity index (χ1) is 18.1. The molecule has 2 aromatic carbocycles. The Bertz CT molecular complexity index is 1360. The maximum atomic E-state index is 13.2. The predicted molar refractivity (Wildman–Crippen MR) is 134 cm³/mol. The van der Waals surface area contributed by atoms with Crippen molar-refractivity contribution in [3.63, 3.8) is 0 Å². The summed E-state index contributed by atoms with van der Waals surface area (Å²) < 4.78 is 23.1. The molecule has 6 atom stereocenters. The Hall–Kier alpha value is -3.64. The molecule has 1 aliphatic rings. The number of rotatable bonds is 7. The van der Waals surface area contributed by atoms with Gasteiger partial charge in [0.05, 0.1) is 25.2 Å². The van der Waals surface area contributed by atoms with Crippen molar-refractivity contribution in [2.24, 2.45) is 5.92 Å². The molecule has 1 fully saturated rings. The zero-order valence-corrected chi connectivity index (χ0v) is 21.0. The van der Waals surface area contributed by atoms with Gasteiger partial charge in [-0.1, -0.05) is 13.8 Å². The van der Waals surface area contributed by atoms with E-state index in [9.17, 15) is 35.1 Å². The minimum absolute atomic E-state index is 0.000973. The minimum atomic E-state index is -1.68. The van der Waals surface area contributed by atoms with Crippen molar-refractivity contribution >= 4 is 16.9 Å². The number of phenolic OH excluding ortho intramolecular Hbond substituents is 2. The van der Waals surface area contributed by atoms with Crippen LogP contribution >= 0.6 is 0 Å². The lowest BCUT2D eigenvalue weighted by atomic mass is 9.89. The van der Waals surface area contributed by atoms with Gasteiger partial charge in [-0.25, -0.2) is 0 Å². The molecule has 38 heavy (non-hydrogen) atoms. The number of phenols is 2. The van der Waals surface area contributed by atoms with Crippen molar-refractivity contribution in [2.45, 2.75) is 50.8 Å². The highest BCUT2D eigenvalue weighted by Crippen LogP contribution is 2.45. The van der Waals surface area contributed by atoms with E-state index in [2.05, 4.69) is 0 Å². The molecule has 11 nitrogen and oxygen atoms in total. The molecular formula is C27H30O11. The van der Waals surface area contributed by atoms with Crippen molar-refractivity contribution in [1.82, 2.24) is 0 Å². The topological polar surface area (TPSA) is 176 Å². The van der Waals surface area contributed by atoms with Crippen molar-refractivity contribution in [1.29, 1.82) is 0 Å². The molecule has 4 rings (SSSR count). The first-order valence-electron chi connectivity index (χ1n) is 12.1. The summed E-state index contributed by atoms with van der Waals surface area (Å²) in [5.41, 5.74) is -0.335. The van der Waals surface area contributed by atoms with Crippen LogP contribution in [0, 0.1) is 5.92 Å². The molecule has 0 bridgehead atoms. The van der Waals surface area contributed by atoms with Crippen LogP contribution in [0.25, 0.3) is 22.3 Å². The molecule has 0 amide bonds. The average Bonchev–Trinajstić information content (AvgIpc) is 2.91. The number of hydrogen-bond acceptors (Lipinski definition) is 11. The first kappa shape index (κ1) is 27.4. The number of esters is 1. The molecule has 0 aliphatic carbocycles. The highest BCUT2D eigenvalue weighted by atomic mass is 16.6. The lowest BCUT2D eigenvalue weighted by molar-refractivity contribution is -0.242. The second kappa shape index (κ2) is 11.0. The summed E-state index contributed by atoms with van der Waals surface area (Å²) in [7, 11) is 1.30. The predicted octanol–water partition coefficient (Wildman–Crippen LogP) is 1.99. The summed E-state index contributed by atoms with van der Waals surface area (Å²) in [5.74, 6) is -1.58. The number of carbonyl (C=O) groups is 1. The summed E-state index contributed by atoms with van der Waals surface area (Å²) in [6.07, 6.45) is -6.98. The minimum Gasteiger partial charge on any atom is -0.508 e. The monoisotopic (exact) mass is 530 g/mol. The van der Waals surface area contributed by atoms with E-state index in [1.165, 1.54) is 37.4 Å². The van der Waals surface area contributed by atoms with Crippen LogP contribution in [0.4, 0.5) is 0 Å². The zero-order chi connectivity index (χ0) is 27.7. The van der Waals surface area contributed by atoms with Crippen molar-refractivity contribution in [3.8, 4) is 28.6 Å². The van der Waals surface area contributed by atoms with Gasteiger partial charge >= 0.3 is 5.97 Å². The Morgan fingerprint density at radius 1 is 1.11 bits per heavy atom. The summed E-state index contributed by atoms with van der Waals surface area (Å²) in [4.78, 5) is 25.9. The van der Waals surface area contributed by atoms with Gasteiger partial charge in [-0.15, -0.1) is 0 Å². The van der Waals surface area contributed by atoms with Crippen molar-refractivity contribution in [2.75, 3.05) is 13.7 Å². The normalized spacial score (nSPS) is 24.2. The summed E-state index contributed by atoms with van der Waals surface area (Å²) in [6, 6.07) is 8.19. The van der Waals surface area contributed by atoms with Gasteiger partial charge in [-0.2, -0.15) is 0 Å². The highest BCUT2D eigenvalue weighted by Gasteiger charge is 2.49. The fraction of sp³-hybridized carbons (Fsp3) is 0.407. The molecule has 204 valence electrons. The van der Waals surface area contributed by atoms with E-state index >= 15 is 0 Å². The molecule has 0 saturated carbocycles. The quantitative estimate of drug-likeness (QED) is 0.282. The second-order valence-electron chi connectivity index (χ2n) is 9.21. The molecule has 1 aromatic heterocycles. The van der Waals surface area contributed by atoms with Crippen LogP contribution in [0.2, 0.25) is 0 Å². The molecule has 0 radical (unpaired) electrons. The van der Waals surface area contributed by atoms with Gasteiger partial charge in [0.2, 0.25) is 0 Å². The van der Waals surface area contributed by atoms with Gasteiger partial charge in [-0.05, 0) is 30.7 Å². The Labute approximate surface area is 217 Å². The third kappa shape index (κ3) is 4.93. The molecule has 1 saturated heterocycles. The molecule has 3 aromatic rings. The van der Waals surface area contributed by atoms with Crippen LogP contribution in [-0.4, -0.2) is 69.6 Å². The number of aliphatic hydroxyl groups is 3. The first-order valence-corrected chi connectivity index (χ1v) is 12.1. The van der Waals surface area contributed by atoms with Crippen LogP contribution < -0.4 is 10.2 Å². The van der Waals surface area contributed by atoms with Crippen molar-refractivity contribution < 1.29 is 49.0 Å². The number of aromatic hydroxyl groups is 2. The van der Waals surface area contributed by atoms with Gasteiger partial charge in [-0.3, -0.25) is 9.59 Å². The Morgan fingerprint density at radius 2 is 1.79 bits per heavy atom. The number of methoxy groups -OCH3 is 1. The van der Waals surface area contributed by atoms with E-state index in [-0.39, 0.29) is 33.8 Å². The summed E-state index contributed by atoms with van der Waals surface area (Å²) >= 11 is 0. The Morgan fingerprint density at radius 3 is 2.39 bits per heavy atom. The van der Waals surface area contributed by atoms with E-state index in [4.69, 9.17) is 18.6 Å². The average molecular weight is 531 g/mol. The molecule has 6 unspecified atom stereocenters. The summed E-state index contributed by atoms with van der Waals surface area (Å²) in [6.45, 7) is 2.74. The lowest BCUT2D eigenvalue weighted by Gasteiger charge is -2.42. The number of benzene rings is 2. The van der Waals surface area contributed by atoms with E-state index in [1.807, 2.05) is 0 Å². The van der Waals surface area contributed by atoms with E-state index in [0.717, 1.165) is 6.07 Å². The van der Waals surface area contributed by atoms with Crippen LogP contribution in [0.15, 0.2) is 45.6 Å². The lowest BCUT2D eigenvalue weighted by Crippen LogP contribution is -2.56. The van der Waals surface area contributed by atoms with E-state index < -0.39 is 60.2 Å². The van der Waals surface area contributed by atoms with Crippen molar-refractivity contribution in [3.05, 3.63) is 52.2 Å². The number of carbonyl (C=O) groups excluding carboxylic acids is 1. The van der Waals surface area contributed by atoms with Gasteiger partial charge in [0.25, 0.3) is 0 Å². The van der Waals surface area contributed by atoms with Crippen LogP contribution in [-0.2, 0) is 14.3 Å². The van der Waals surface area contributed by atoms with Gasteiger partial charge in [0, 0.05) is 17.7 Å². The van der Waals surface area contributed by atoms with Gasteiger partial charge in [0.15, 0.2) is 17.1 Å². The van der Waals surface area contributed by atoms with Gasteiger partial charge < -0.3 is 44.2 Å². The summed E-state index contributed by atoms with van der Waals surface area (Å²) in [5, 5.41) is 51.4. The molecule has 0 spiro atoms. The third-order valence-electron chi connectivity index (χ3n) is 6.77. The fourth-order valence-electron chi connectivity index (χ4n) is 4.39. The third-order valence-corrected chi connectivity index (χ3v) is 6.77. The fourth-order valence-corrected chi connectivity index (χ4v) is 4.39. The maximum Gasteiger partial charge on any atom is 0.309 e. The molecule has 2 heterocycles. The van der Waals surface area contributed by atoms with E-state index in [0.29, 0.717) is 12.0 Å². The number of fused-ring (bicyclic) bond motifs is 1. The number of aliphatic hydroxyl groups excluding tert-OH is 3. The smallest absolute Gasteiger partial charge is 0.309 e. The largest absolute Gasteiger partial charge is 0.508 e. The van der Waals surface area contributed by atoms with Crippen LogP contribution in [0.1, 0.15) is 31.9 Å². The SMILES string of the molecule is CCC(C)C(=O)OC1C(c2c(OC)cc(O)c3c(=O)cc(-c4ccc(O)cc4)oc23)OC(CO)C(O)C1O. The van der Waals surface area contributed by atoms with E-state index in [1.54, 1.807) is 13.8 Å². The Kier molecular flexibility index (Phi) is 7.93. The standard InChI is InChI=1S/C27H30O11/c1-4-12(2)27(34)38-26-23(33)22(32)19(11-28)37-25(26)21-18(35-3)10-16(31)20-15(30)9-17(36-24(20)21)13-5-7-14(29)8-6-13/h5-10,12,19,22-23,25-26,28-29,31-33H,4,11H2,1-3H3. The highest BCUT2D eigenvalue weighted by molar-refractivity contribution is 5.90. The number of ether oxygens (including phenoxy) is 3. The maximum absolute atomic E-state index is 13.2. The molecule has 1 aliphatic heterocycles. The van der Waals surface area contributed by atoms with Crippen LogP contribution in [0.5, 0.6) is 17.2 Å².